The summed E-state index contributed by atoms with van der Waals surface area (Å²) >= 11 is 37.4. The van der Waals surface area contributed by atoms with Gasteiger partial charge >= 0.3 is 0 Å². The van der Waals surface area contributed by atoms with Crippen LogP contribution < -0.4 is 32.4 Å². The molecule has 2 amide bonds. The molecule has 0 atom stereocenters. The first-order valence-corrected chi connectivity index (χ1v) is 29.8. The summed E-state index contributed by atoms with van der Waals surface area (Å²) in [7, 11) is 0. The van der Waals surface area contributed by atoms with E-state index in [2.05, 4.69) is 45.2 Å². The number of fused-ring (bicyclic) bond motifs is 2. The molecule has 6 aromatic heterocycles. The minimum absolute atomic E-state index is 0.00590. The Balaban J connectivity index is 0.000000213. The topological polar surface area (TPSA) is 242 Å². The summed E-state index contributed by atoms with van der Waals surface area (Å²) in [6, 6.07) is 10.4. The molecule has 0 unspecified atom stereocenters. The molecule has 8 aromatic rings. The van der Waals surface area contributed by atoms with Crippen molar-refractivity contribution in [2.75, 3.05) is 73.6 Å². The van der Waals surface area contributed by atoms with Gasteiger partial charge in [0.15, 0.2) is 23.3 Å². The number of aryl methyl sites for hydroxylation is 2. The lowest BCUT2D eigenvalue weighted by Gasteiger charge is -2.36. The molecule has 2 aromatic carbocycles. The number of pyridine rings is 6. The number of aromatic nitrogens is 6. The van der Waals surface area contributed by atoms with Crippen molar-refractivity contribution in [3.8, 4) is 46.0 Å². The minimum atomic E-state index is -1.24. The zero-order chi connectivity index (χ0) is 65.8. The van der Waals surface area contributed by atoms with Gasteiger partial charge in [0.05, 0.1) is 78.1 Å². The van der Waals surface area contributed by atoms with E-state index in [1.165, 1.54) is 33.4 Å². The van der Waals surface area contributed by atoms with Crippen LogP contribution in [-0.4, -0.2) is 103 Å². The average Bonchev–Trinajstić information content (AvgIpc) is 0.747. The summed E-state index contributed by atoms with van der Waals surface area (Å²) in [6.07, 6.45) is 5.66. The molecule has 0 aliphatic carbocycles. The summed E-state index contributed by atoms with van der Waals surface area (Å²) in [5, 5.41) is 18.0. The highest BCUT2D eigenvalue weighted by atomic mass is 35.5. The van der Waals surface area contributed by atoms with E-state index < -0.39 is 77.0 Å². The summed E-state index contributed by atoms with van der Waals surface area (Å²) in [5.41, 5.74) is 11.7. The number of nitrogen functional groups attached to an aromatic ring is 2. The molecule has 28 heteroatoms. The first-order chi connectivity index (χ1) is 42.7. The van der Waals surface area contributed by atoms with Crippen molar-refractivity contribution in [3.05, 3.63) is 170 Å². The number of hydrogen-bond donors (Lipinski definition) is 2. The molecule has 18 nitrogen and oxygen atoms in total. The fourth-order valence-corrected chi connectivity index (χ4v) is 12.4. The second-order valence-corrected chi connectivity index (χ2v) is 23.8. The fraction of sp³-hybridized carbons (Fsp3) is 0.258. The fourth-order valence-electron chi connectivity index (χ4n) is 11.0. The molecule has 0 spiro atoms. The number of halogens is 10. The van der Waals surface area contributed by atoms with Crippen LogP contribution in [0.15, 0.2) is 71.6 Å². The van der Waals surface area contributed by atoms with Gasteiger partial charge in [0, 0.05) is 75.5 Å². The molecular weight excluding hydrogens is 1290 g/mol. The van der Waals surface area contributed by atoms with Crippen LogP contribution in [0.25, 0.3) is 56.0 Å². The van der Waals surface area contributed by atoms with E-state index in [9.17, 15) is 38.5 Å². The Bertz CT molecular complexity index is 4260. The van der Waals surface area contributed by atoms with Crippen molar-refractivity contribution in [2.45, 2.75) is 53.4 Å². The summed E-state index contributed by atoms with van der Waals surface area (Å²) in [6.45, 7) is 20.5. The number of carbonyl (C=O) groups is 2. The van der Waals surface area contributed by atoms with Gasteiger partial charge in [0.1, 0.15) is 54.7 Å². The summed E-state index contributed by atoms with van der Waals surface area (Å²) < 4.78 is 62.6. The van der Waals surface area contributed by atoms with Gasteiger partial charge in [0.2, 0.25) is 11.8 Å². The van der Waals surface area contributed by atoms with Crippen molar-refractivity contribution in [1.82, 2.24) is 38.9 Å². The van der Waals surface area contributed by atoms with Gasteiger partial charge in [-0.15, -0.1) is 0 Å². The number of nitrogens with zero attached hydrogens (tertiary/aromatic N) is 12. The molecule has 10 rings (SSSR count). The molecule has 0 bridgehead atoms. The number of anilines is 4. The molecule has 90 heavy (non-hydrogen) atoms. The number of rotatable bonds is 10. The lowest BCUT2D eigenvalue weighted by Crippen LogP contribution is -2.49. The first-order valence-electron chi connectivity index (χ1n) is 27.5. The monoisotopic (exact) mass is 1340 g/mol. The normalized spacial score (nSPS) is 13.4. The Kier molecular flexibility index (Phi) is 19.2. The van der Waals surface area contributed by atoms with E-state index in [1.807, 2.05) is 27.7 Å². The molecule has 464 valence electrons. The molecule has 2 aliphatic rings. The quantitative estimate of drug-likeness (QED) is 0.0425. The molecule has 0 radical (unpaired) electrons. The van der Waals surface area contributed by atoms with Gasteiger partial charge < -0.3 is 31.1 Å². The van der Waals surface area contributed by atoms with E-state index in [4.69, 9.17) is 81.1 Å². The lowest BCUT2D eigenvalue weighted by atomic mass is 10.0. The second kappa shape index (κ2) is 26.2. The Morgan fingerprint density at radius 2 is 0.900 bits per heavy atom. The maximum Gasteiger partial charge on any atom is 0.276 e. The van der Waals surface area contributed by atoms with Crippen LogP contribution in [0, 0.1) is 59.8 Å². The lowest BCUT2D eigenvalue weighted by molar-refractivity contribution is -0.127. The van der Waals surface area contributed by atoms with Crippen LogP contribution in [0.4, 0.5) is 40.3 Å². The summed E-state index contributed by atoms with van der Waals surface area (Å²) in [5.74, 6) is -5.76. The highest BCUT2D eigenvalue weighted by Gasteiger charge is 2.34. The zero-order valence-electron chi connectivity index (χ0n) is 48.8. The molecular formula is C62H52Cl6F4N14O4. The maximum atomic E-state index is 15.5. The van der Waals surface area contributed by atoms with E-state index in [1.54, 1.807) is 58.0 Å². The van der Waals surface area contributed by atoms with Crippen LogP contribution in [0.2, 0.25) is 30.1 Å². The van der Waals surface area contributed by atoms with Crippen LogP contribution in [0.5, 0.6) is 0 Å². The van der Waals surface area contributed by atoms with E-state index >= 15 is 8.78 Å². The third kappa shape index (κ3) is 11.4. The maximum absolute atomic E-state index is 15.5. The molecule has 8 heterocycles. The number of hydrogen-bond acceptors (Lipinski definition) is 14. The van der Waals surface area contributed by atoms with Gasteiger partial charge in [0.25, 0.3) is 11.1 Å². The number of piperazine rings is 2. The second-order valence-electron chi connectivity index (χ2n) is 21.5. The number of carbonyl (C=O) groups excluding carboxylic acids is 2. The zero-order valence-corrected chi connectivity index (χ0v) is 53.3. The Hall–Kier alpha value is -8.48. The molecule has 4 N–H and O–H groups in total. The number of benzene rings is 2. The van der Waals surface area contributed by atoms with Crippen LogP contribution in [-0.2, 0) is 9.59 Å². The Morgan fingerprint density at radius 3 is 1.20 bits per heavy atom. The van der Waals surface area contributed by atoms with Crippen molar-refractivity contribution < 1.29 is 27.2 Å². The summed E-state index contributed by atoms with van der Waals surface area (Å²) in [4.78, 5) is 78.4. The van der Waals surface area contributed by atoms with E-state index in [0.29, 0.717) is 70.8 Å². The average molecular weight is 1350 g/mol. The molecule has 2 aliphatic heterocycles. The number of nitriles is 2. The Morgan fingerprint density at radius 1 is 0.567 bits per heavy atom. The van der Waals surface area contributed by atoms with Gasteiger partial charge in [-0.25, -0.2) is 27.5 Å². The first kappa shape index (κ1) is 66.0. The van der Waals surface area contributed by atoms with E-state index in [0.717, 1.165) is 0 Å². The SMILES string of the molecule is C=CC(=O)N1CCN(c2c(C#N)c(=O)n(-c3c(C)ccnc3C(C)C)c3nc(-c4c(N)c(Cl)c(F)c(Cl)c4F)c(Cl)cc23)CC1.C=CC(=O)N1CCN(c2c(C#N)c(=O)n(-c3c(C)ccnc3C(C)C)c3nc(-c4c(N)c(Cl)c(F)c(Cl)c4F)c(Cl)cc23)CC1. The smallest absolute Gasteiger partial charge is 0.276 e. The highest BCUT2D eigenvalue weighted by molar-refractivity contribution is 6.39. The minimum Gasteiger partial charge on any atom is -0.397 e. The largest absolute Gasteiger partial charge is 0.397 e. The third-order valence-corrected chi connectivity index (χ3v) is 17.5. The van der Waals surface area contributed by atoms with E-state index in [-0.39, 0.29) is 105 Å². The third-order valence-electron chi connectivity index (χ3n) is 15.5. The van der Waals surface area contributed by atoms with Crippen molar-refractivity contribution in [3.63, 3.8) is 0 Å². The van der Waals surface area contributed by atoms with Gasteiger partial charge in [-0.3, -0.25) is 38.3 Å². The van der Waals surface area contributed by atoms with Gasteiger partial charge in [-0.05, 0) is 73.2 Å². The highest BCUT2D eigenvalue weighted by Crippen LogP contribution is 2.47. The number of nitrogens with two attached hydrogens (primary N) is 2. The number of amides is 2. The van der Waals surface area contributed by atoms with Crippen molar-refractivity contribution >= 4 is 126 Å². The Labute approximate surface area is 542 Å². The van der Waals surface area contributed by atoms with Crippen LogP contribution >= 0.6 is 69.6 Å². The predicted octanol–water partition coefficient (Wildman–Crippen LogP) is 12.8. The molecule has 0 saturated carbocycles. The molecule has 2 saturated heterocycles. The molecule has 2 fully saturated rings. The van der Waals surface area contributed by atoms with Crippen LogP contribution in [0.1, 0.15) is 73.2 Å². The van der Waals surface area contributed by atoms with Gasteiger partial charge in [-0.1, -0.05) is 110 Å². The van der Waals surface area contributed by atoms with Crippen molar-refractivity contribution in [1.29, 1.82) is 10.5 Å². The predicted molar refractivity (Wildman–Crippen MR) is 345 cm³/mol. The van der Waals surface area contributed by atoms with Crippen LogP contribution in [0.3, 0.4) is 0 Å². The van der Waals surface area contributed by atoms with Gasteiger partial charge in [-0.2, -0.15) is 10.5 Å². The standard InChI is InChI=1S/2C31H26Cl3F2N7O2/c2*1-5-19(44)41-8-10-42(11-9-41)29-16-12-18(32)27(20-23(35)21(33)24(36)22(34)25(20)38)40-30(16)43(31(45)17(29)13-37)28-15(4)6-7-39-26(28)14(2)3/h2*5-7,12,14H,1,8-11,38H2,2-4H3. The van der Waals surface area contributed by atoms with Crippen molar-refractivity contribution in [2.24, 2.45) is 0 Å².